The van der Waals surface area contributed by atoms with Crippen LogP contribution in [-0.2, 0) is 0 Å². The summed E-state index contributed by atoms with van der Waals surface area (Å²) in [6.45, 7) is 1.94. The number of likely N-dealkylation sites (tertiary alicyclic amines) is 2. The molecule has 3 heterocycles. The van der Waals surface area contributed by atoms with Gasteiger partial charge in [-0.1, -0.05) is 30.3 Å². The average Bonchev–Trinajstić information content (AvgIpc) is 3.39. The number of rotatable bonds is 4. The molecule has 1 N–H and O–H groups in total. The zero-order chi connectivity index (χ0) is 26.0. The van der Waals surface area contributed by atoms with Crippen molar-refractivity contribution in [3.05, 3.63) is 78.4 Å². The summed E-state index contributed by atoms with van der Waals surface area (Å²) in [7, 11) is 0. The van der Waals surface area contributed by atoms with Gasteiger partial charge in [-0.2, -0.15) is 0 Å². The minimum Gasteiger partial charge on any atom is -0.406 e. The summed E-state index contributed by atoms with van der Waals surface area (Å²) in [4.78, 5) is 21.7. The number of benzene rings is 2. The van der Waals surface area contributed by atoms with E-state index in [2.05, 4.69) is 9.72 Å². The molecule has 0 bridgehead atoms. The normalized spacial score (nSPS) is 21.2. The number of hydrogen-bond donors (Lipinski definition) is 1. The number of aliphatic hydroxyl groups is 1. The summed E-state index contributed by atoms with van der Waals surface area (Å²) in [5.74, 6) is -0.404. The van der Waals surface area contributed by atoms with Gasteiger partial charge >= 0.3 is 12.4 Å². The van der Waals surface area contributed by atoms with Crippen LogP contribution in [0.4, 0.5) is 18.0 Å². The van der Waals surface area contributed by atoms with E-state index >= 15 is 0 Å². The number of aliphatic hydroxyl groups excluding tert-OH is 1. The third-order valence-corrected chi connectivity index (χ3v) is 7.12. The first-order chi connectivity index (χ1) is 17.7. The van der Waals surface area contributed by atoms with Crippen LogP contribution in [0.15, 0.2) is 67.1 Å². The first kappa shape index (κ1) is 25.1. The van der Waals surface area contributed by atoms with Gasteiger partial charge in [-0.3, -0.25) is 0 Å². The Labute approximate surface area is 213 Å². The minimum absolute atomic E-state index is 0.0471. The van der Waals surface area contributed by atoms with Gasteiger partial charge in [0.2, 0.25) is 0 Å². The molecule has 1 aromatic heterocycles. The predicted octanol–water partition coefficient (Wildman–Crippen LogP) is 4.92. The molecule has 0 radical (unpaired) electrons. The number of nitrogens with zero attached hydrogens (tertiary/aromatic N) is 4. The van der Waals surface area contributed by atoms with Crippen molar-refractivity contribution in [1.29, 1.82) is 0 Å². The number of para-hydroxylation sites is 1. The lowest BCUT2D eigenvalue weighted by Crippen LogP contribution is -2.51. The van der Waals surface area contributed by atoms with Crippen LogP contribution < -0.4 is 4.74 Å². The van der Waals surface area contributed by atoms with E-state index in [4.69, 9.17) is 0 Å². The fourth-order valence-corrected chi connectivity index (χ4v) is 5.20. The molecular weight excluding hydrogens is 485 g/mol. The van der Waals surface area contributed by atoms with Crippen LogP contribution in [0, 0.1) is 0 Å². The first-order valence-electron chi connectivity index (χ1n) is 12.4. The highest BCUT2D eigenvalue weighted by Crippen LogP contribution is 2.37. The fourth-order valence-electron chi connectivity index (χ4n) is 5.20. The van der Waals surface area contributed by atoms with Crippen molar-refractivity contribution in [2.45, 2.75) is 43.6 Å². The molecule has 0 saturated carbocycles. The van der Waals surface area contributed by atoms with Crippen molar-refractivity contribution in [3.63, 3.8) is 0 Å². The van der Waals surface area contributed by atoms with Gasteiger partial charge < -0.3 is 24.2 Å². The first-order valence-corrected chi connectivity index (χ1v) is 12.4. The minimum atomic E-state index is -4.75. The number of ether oxygens (including phenoxy) is 1. The molecule has 2 fully saturated rings. The number of carbonyl (C=O) groups excluding carboxylic acids is 1. The maximum absolute atomic E-state index is 13.5. The number of amides is 2. The molecule has 37 heavy (non-hydrogen) atoms. The molecule has 5 rings (SSSR count). The summed E-state index contributed by atoms with van der Waals surface area (Å²) in [5, 5.41) is 9.85. The molecule has 2 saturated heterocycles. The number of imidazole rings is 1. The van der Waals surface area contributed by atoms with E-state index < -0.39 is 6.36 Å². The van der Waals surface area contributed by atoms with Crippen molar-refractivity contribution in [1.82, 2.24) is 19.4 Å². The lowest BCUT2D eigenvalue weighted by Gasteiger charge is -2.41. The highest BCUT2D eigenvalue weighted by Gasteiger charge is 2.36. The smallest absolute Gasteiger partial charge is 0.406 e. The van der Waals surface area contributed by atoms with E-state index in [1.807, 2.05) is 46.0 Å². The van der Waals surface area contributed by atoms with Crippen molar-refractivity contribution in [2.24, 2.45) is 0 Å². The lowest BCUT2D eigenvalue weighted by molar-refractivity contribution is -0.274. The number of piperidine rings is 2. The molecule has 3 aromatic rings. The number of aromatic nitrogens is 2. The molecule has 2 aromatic carbocycles. The summed E-state index contributed by atoms with van der Waals surface area (Å²) in [6, 6.07) is 15.6. The summed E-state index contributed by atoms with van der Waals surface area (Å²) in [5.41, 5.74) is 2.68. The zero-order valence-corrected chi connectivity index (χ0v) is 20.2. The molecule has 2 aliphatic heterocycles. The van der Waals surface area contributed by atoms with E-state index in [1.54, 1.807) is 23.4 Å². The Hall–Kier alpha value is -3.53. The van der Waals surface area contributed by atoms with Gasteiger partial charge in [-0.25, -0.2) is 9.78 Å². The van der Waals surface area contributed by atoms with Crippen molar-refractivity contribution in [3.8, 4) is 11.4 Å². The van der Waals surface area contributed by atoms with Crippen LogP contribution in [0.2, 0.25) is 0 Å². The van der Waals surface area contributed by atoms with Gasteiger partial charge in [0.15, 0.2) is 0 Å². The Balaban J connectivity index is 1.38. The average molecular weight is 515 g/mol. The van der Waals surface area contributed by atoms with E-state index in [9.17, 15) is 23.1 Å². The third-order valence-electron chi connectivity index (χ3n) is 7.12. The van der Waals surface area contributed by atoms with Gasteiger partial charge in [0, 0.05) is 49.9 Å². The van der Waals surface area contributed by atoms with Crippen LogP contribution in [0.3, 0.4) is 0 Å². The molecule has 196 valence electrons. The number of hydrogen-bond acceptors (Lipinski definition) is 4. The van der Waals surface area contributed by atoms with Gasteiger partial charge in [0.1, 0.15) is 5.75 Å². The Bertz CT molecular complexity index is 1190. The molecule has 2 amide bonds. The van der Waals surface area contributed by atoms with E-state index in [1.165, 1.54) is 12.1 Å². The van der Waals surface area contributed by atoms with Crippen molar-refractivity contribution in [2.75, 3.05) is 26.2 Å². The maximum Gasteiger partial charge on any atom is 0.573 e. The van der Waals surface area contributed by atoms with E-state index in [0.29, 0.717) is 45.4 Å². The van der Waals surface area contributed by atoms with Crippen LogP contribution in [-0.4, -0.2) is 69.1 Å². The van der Waals surface area contributed by atoms with Crippen molar-refractivity contribution < 1.29 is 27.8 Å². The molecule has 10 heteroatoms. The highest BCUT2D eigenvalue weighted by molar-refractivity contribution is 5.75. The van der Waals surface area contributed by atoms with E-state index in [0.717, 1.165) is 16.9 Å². The van der Waals surface area contributed by atoms with Crippen LogP contribution in [0.5, 0.6) is 5.75 Å². The third kappa shape index (κ3) is 6.07. The molecular formula is C27H29F3N4O3. The second kappa shape index (κ2) is 10.5. The molecule has 7 nitrogen and oxygen atoms in total. The molecule has 0 aliphatic carbocycles. The van der Waals surface area contributed by atoms with Crippen LogP contribution >= 0.6 is 0 Å². The quantitative estimate of drug-likeness (QED) is 0.537. The summed E-state index contributed by atoms with van der Waals surface area (Å²) < 4.78 is 43.8. The Morgan fingerprint density at radius 3 is 2.30 bits per heavy atom. The van der Waals surface area contributed by atoms with Gasteiger partial charge in [0.05, 0.1) is 18.1 Å². The maximum atomic E-state index is 13.5. The number of halogens is 3. The van der Waals surface area contributed by atoms with Gasteiger partial charge in [-0.15, -0.1) is 13.2 Å². The zero-order valence-electron chi connectivity index (χ0n) is 20.2. The van der Waals surface area contributed by atoms with Gasteiger partial charge in [-0.05, 0) is 49.1 Å². The second-order valence-electron chi connectivity index (χ2n) is 9.69. The predicted molar refractivity (Wildman–Crippen MR) is 131 cm³/mol. The van der Waals surface area contributed by atoms with Crippen molar-refractivity contribution >= 4 is 6.03 Å². The summed E-state index contributed by atoms with van der Waals surface area (Å²) in [6.07, 6.45) is 0.403. The molecule has 2 aliphatic rings. The topological polar surface area (TPSA) is 70.8 Å². The SMILES string of the molecule is O=C(N1CCC(O)CC1)N1CC(c2ccc(OC(F)(F)F)cc2)CC(c2cn(-c3ccccc3)cn2)C1. The molecule has 2 atom stereocenters. The molecule has 0 spiro atoms. The van der Waals surface area contributed by atoms with Crippen LogP contribution in [0.25, 0.3) is 5.69 Å². The number of alkyl halides is 3. The van der Waals surface area contributed by atoms with E-state index in [-0.39, 0.29) is 29.7 Å². The Morgan fingerprint density at radius 2 is 1.62 bits per heavy atom. The highest BCUT2D eigenvalue weighted by atomic mass is 19.4. The lowest BCUT2D eigenvalue weighted by atomic mass is 9.83. The molecule has 2 unspecified atom stereocenters. The Morgan fingerprint density at radius 1 is 0.946 bits per heavy atom. The number of urea groups is 1. The summed E-state index contributed by atoms with van der Waals surface area (Å²) >= 11 is 0. The van der Waals surface area contributed by atoms with Gasteiger partial charge in [0.25, 0.3) is 0 Å². The monoisotopic (exact) mass is 514 g/mol. The fraction of sp³-hybridized carbons (Fsp3) is 0.407. The second-order valence-corrected chi connectivity index (χ2v) is 9.69. The largest absolute Gasteiger partial charge is 0.573 e. The van der Waals surface area contributed by atoms with Crippen LogP contribution in [0.1, 0.15) is 42.4 Å². The standard InChI is InChI=1S/C27H29F3N4O3/c28-27(29,30)37-24-8-6-19(7-9-24)20-14-21(25-17-34(18-31-25)22-4-2-1-3-5-22)16-33(15-20)26(36)32-12-10-23(35)11-13-32/h1-9,17-18,20-21,23,35H,10-16H2. The number of carbonyl (C=O) groups is 1. The Kier molecular flexibility index (Phi) is 7.10.